The van der Waals surface area contributed by atoms with Gasteiger partial charge in [0, 0.05) is 13.0 Å². The van der Waals surface area contributed by atoms with Crippen molar-refractivity contribution in [1.29, 1.82) is 0 Å². The highest BCUT2D eigenvalue weighted by Crippen LogP contribution is 2.19. The van der Waals surface area contributed by atoms with Crippen molar-refractivity contribution in [3.8, 4) is 0 Å². The zero-order valence-electron chi connectivity index (χ0n) is 13.0. The quantitative estimate of drug-likeness (QED) is 0.687. The van der Waals surface area contributed by atoms with Crippen LogP contribution in [-0.2, 0) is 14.8 Å². The summed E-state index contributed by atoms with van der Waals surface area (Å²) in [5.74, 6) is -0.343. The molecule has 0 atom stereocenters. The van der Waals surface area contributed by atoms with Crippen LogP contribution < -0.4 is 10.1 Å². The zero-order chi connectivity index (χ0) is 17.9. The Morgan fingerprint density at radius 1 is 1.12 bits per heavy atom. The number of hydrogen-bond donors (Lipinski definition) is 2. The van der Waals surface area contributed by atoms with Crippen molar-refractivity contribution >= 4 is 38.6 Å². The maximum Gasteiger partial charge on any atom is 0.242 e. The lowest BCUT2D eigenvalue weighted by atomic mass is 10.3. The molecule has 0 aliphatic carbocycles. The van der Waals surface area contributed by atoms with E-state index in [-0.39, 0.29) is 28.8 Å². The summed E-state index contributed by atoms with van der Waals surface area (Å²) in [6.07, 6.45) is 1.46. The Labute approximate surface area is 149 Å². The van der Waals surface area contributed by atoms with E-state index in [9.17, 15) is 13.2 Å². The van der Waals surface area contributed by atoms with E-state index in [1.54, 1.807) is 12.1 Å². The second kappa shape index (κ2) is 7.22. The van der Waals surface area contributed by atoms with Crippen molar-refractivity contribution in [2.75, 3.05) is 12.0 Å². The van der Waals surface area contributed by atoms with Crippen LogP contribution in [0, 0.1) is 0 Å². The standard InChI is InChI=1S/C16H15ClN4O3S/c17-12-5-1-4-8-15(12)25(23,24)19-10-9-16(22)20-21-11-18-13-6-2-3-7-14(13)21/h1-8,11,19H,9-10H2,(H,20,22). The van der Waals surface area contributed by atoms with Crippen molar-refractivity contribution in [1.82, 2.24) is 14.4 Å². The Balaban J connectivity index is 1.59. The van der Waals surface area contributed by atoms with Gasteiger partial charge in [-0.1, -0.05) is 35.9 Å². The van der Waals surface area contributed by atoms with E-state index in [0.717, 1.165) is 11.0 Å². The molecule has 2 aromatic carbocycles. The molecule has 0 saturated heterocycles. The van der Waals surface area contributed by atoms with Crippen LogP contribution >= 0.6 is 11.6 Å². The summed E-state index contributed by atoms with van der Waals surface area (Å²) < 4.78 is 28.2. The van der Waals surface area contributed by atoms with E-state index < -0.39 is 10.0 Å². The number of hydrogen-bond acceptors (Lipinski definition) is 4. The van der Waals surface area contributed by atoms with Crippen molar-refractivity contribution in [3.63, 3.8) is 0 Å². The van der Waals surface area contributed by atoms with Crippen molar-refractivity contribution in [2.45, 2.75) is 11.3 Å². The molecule has 25 heavy (non-hydrogen) atoms. The highest BCUT2D eigenvalue weighted by Gasteiger charge is 2.17. The summed E-state index contributed by atoms with van der Waals surface area (Å²) in [6.45, 7) is -0.0496. The van der Waals surface area contributed by atoms with Gasteiger partial charge in [0.25, 0.3) is 0 Å². The van der Waals surface area contributed by atoms with Gasteiger partial charge in [-0.15, -0.1) is 0 Å². The molecular weight excluding hydrogens is 364 g/mol. The predicted molar refractivity (Wildman–Crippen MR) is 95.4 cm³/mol. The predicted octanol–water partition coefficient (Wildman–Crippen LogP) is 2.13. The second-order valence-electron chi connectivity index (χ2n) is 5.22. The minimum absolute atomic E-state index is 0.0160. The lowest BCUT2D eigenvalue weighted by Crippen LogP contribution is -2.30. The Kier molecular flexibility index (Phi) is 5.03. The van der Waals surface area contributed by atoms with E-state index in [4.69, 9.17) is 11.6 Å². The summed E-state index contributed by atoms with van der Waals surface area (Å²) >= 11 is 5.89. The van der Waals surface area contributed by atoms with Gasteiger partial charge in [-0.3, -0.25) is 10.2 Å². The maximum absolute atomic E-state index is 12.2. The fourth-order valence-electron chi connectivity index (χ4n) is 2.28. The molecule has 0 aliphatic heterocycles. The fourth-order valence-corrected chi connectivity index (χ4v) is 3.83. The van der Waals surface area contributed by atoms with Crippen LogP contribution in [0.15, 0.2) is 59.8 Å². The van der Waals surface area contributed by atoms with Gasteiger partial charge in [0.15, 0.2) is 0 Å². The van der Waals surface area contributed by atoms with E-state index in [0.29, 0.717) is 0 Å². The first-order chi connectivity index (χ1) is 12.0. The van der Waals surface area contributed by atoms with E-state index in [1.165, 1.54) is 23.1 Å². The third-order valence-corrected chi connectivity index (χ3v) is 5.43. The molecule has 1 amide bonds. The van der Waals surface area contributed by atoms with Gasteiger partial charge in [0.05, 0.1) is 16.1 Å². The monoisotopic (exact) mass is 378 g/mol. The molecule has 1 heterocycles. The Morgan fingerprint density at radius 3 is 2.64 bits per heavy atom. The molecule has 0 radical (unpaired) electrons. The first-order valence-corrected chi connectivity index (χ1v) is 9.29. The number of carbonyl (C=O) groups is 1. The molecule has 3 aromatic rings. The first kappa shape index (κ1) is 17.4. The normalized spacial score (nSPS) is 11.6. The Hall–Kier alpha value is -2.42. The van der Waals surface area contributed by atoms with Crippen LogP contribution in [0.1, 0.15) is 6.42 Å². The first-order valence-electron chi connectivity index (χ1n) is 7.43. The average molecular weight is 379 g/mol. The smallest absolute Gasteiger partial charge is 0.242 e. The molecule has 0 saturated carbocycles. The Bertz CT molecular complexity index is 1020. The summed E-state index contributed by atoms with van der Waals surface area (Å²) in [5.41, 5.74) is 4.17. The largest absolute Gasteiger partial charge is 0.273 e. The molecule has 9 heteroatoms. The molecular formula is C16H15ClN4O3S. The van der Waals surface area contributed by atoms with Gasteiger partial charge < -0.3 is 0 Å². The zero-order valence-corrected chi connectivity index (χ0v) is 14.6. The third kappa shape index (κ3) is 3.98. The minimum Gasteiger partial charge on any atom is -0.273 e. The van der Waals surface area contributed by atoms with Gasteiger partial charge in [-0.25, -0.2) is 22.8 Å². The number of nitrogens with one attached hydrogen (secondary N) is 2. The number of halogens is 1. The second-order valence-corrected chi connectivity index (χ2v) is 7.36. The van der Waals surface area contributed by atoms with Gasteiger partial charge in [0.2, 0.25) is 15.9 Å². The third-order valence-electron chi connectivity index (χ3n) is 3.47. The van der Waals surface area contributed by atoms with Crippen LogP contribution in [0.4, 0.5) is 0 Å². The van der Waals surface area contributed by atoms with E-state index >= 15 is 0 Å². The van der Waals surface area contributed by atoms with Gasteiger partial charge in [-0.2, -0.15) is 0 Å². The van der Waals surface area contributed by atoms with Crippen LogP contribution in [0.5, 0.6) is 0 Å². The number of rotatable bonds is 6. The topological polar surface area (TPSA) is 93.1 Å². The van der Waals surface area contributed by atoms with Gasteiger partial charge in [0.1, 0.15) is 11.2 Å². The van der Waals surface area contributed by atoms with Crippen LogP contribution in [-0.4, -0.2) is 30.5 Å². The fraction of sp³-hybridized carbons (Fsp3) is 0.125. The molecule has 0 bridgehead atoms. The maximum atomic E-state index is 12.2. The lowest BCUT2D eigenvalue weighted by molar-refractivity contribution is -0.116. The number of para-hydroxylation sites is 2. The molecule has 0 spiro atoms. The number of fused-ring (bicyclic) bond motifs is 1. The molecule has 0 aliphatic rings. The molecule has 1 aromatic heterocycles. The summed E-state index contributed by atoms with van der Waals surface area (Å²) in [7, 11) is -3.76. The Morgan fingerprint density at radius 2 is 1.84 bits per heavy atom. The van der Waals surface area contributed by atoms with Gasteiger partial charge in [-0.05, 0) is 24.3 Å². The van der Waals surface area contributed by atoms with E-state index in [2.05, 4.69) is 15.1 Å². The number of nitrogens with zero attached hydrogens (tertiary/aromatic N) is 2. The van der Waals surface area contributed by atoms with Crippen LogP contribution in [0.3, 0.4) is 0 Å². The molecule has 3 rings (SSSR count). The average Bonchev–Trinajstić information content (AvgIpc) is 2.98. The molecule has 2 N–H and O–H groups in total. The number of carbonyl (C=O) groups excluding carboxylic acids is 1. The van der Waals surface area contributed by atoms with E-state index in [1.807, 2.05) is 24.3 Å². The SMILES string of the molecule is O=C(CCNS(=O)(=O)c1ccccc1Cl)Nn1cnc2ccccc21. The van der Waals surface area contributed by atoms with Gasteiger partial charge >= 0.3 is 0 Å². The van der Waals surface area contributed by atoms with Crippen molar-refractivity contribution < 1.29 is 13.2 Å². The summed E-state index contributed by atoms with van der Waals surface area (Å²) in [5, 5.41) is 0.129. The molecule has 7 nitrogen and oxygen atoms in total. The number of benzene rings is 2. The number of aromatic nitrogens is 2. The lowest BCUT2D eigenvalue weighted by Gasteiger charge is -2.09. The summed E-state index contributed by atoms with van der Waals surface area (Å²) in [6, 6.07) is 13.5. The highest BCUT2D eigenvalue weighted by molar-refractivity contribution is 7.89. The molecule has 130 valence electrons. The highest BCUT2D eigenvalue weighted by atomic mass is 35.5. The number of imidazole rings is 1. The van der Waals surface area contributed by atoms with Crippen LogP contribution in [0.2, 0.25) is 5.02 Å². The number of amides is 1. The van der Waals surface area contributed by atoms with Crippen molar-refractivity contribution in [2.24, 2.45) is 0 Å². The minimum atomic E-state index is -3.76. The summed E-state index contributed by atoms with van der Waals surface area (Å²) in [4.78, 5) is 16.2. The van der Waals surface area contributed by atoms with Crippen molar-refractivity contribution in [3.05, 3.63) is 59.9 Å². The molecule has 0 fully saturated rings. The molecule has 0 unspecified atom stereocenters. The van der Waals surface area contributed by atoms with Crippen LogP contribution in [0.25, 0.3) is 11.0 Å². The number of sulfonamides is 1.